The average Bonchev–Trinajstić information content (AvgIpc) is 3.12. The van der Waals surface area contributed by atoms with Crippen LogP contribution in [0.1, 0.15) is 10.4 Å². The van der Waals surface area contributed by atoms with E-state index >= 15 is 0 Å². The first-order valence-corrected chi connectivity index (χ1v) is 15.7. The maximum absolute atomic E-state index is 12.5. The van der Waals surface area contributed by atoms with E-state index in [2.05, 4.69) is 0 Å². The summed E-state index contributed by atoms with van der Waals surface area (Å²) in [6, 6.07) is 11.7. The molecule has 278 valence electrons. The second-order valence-electron chi connectivity index (χ2n) is 12.1. The summed E-state index contributed by atoms with van der Waals surface area (Å²) >= 11 is 0. The van der Waals surface area contributed by atoms with Crippen molar-refractivity contribution in [1.29, 1.82) is 0 Å². The van der Waals surface area contributed by atoms with Crippen LogP contribution < -0.4 is 10.2 Å². The minimum atomic E-state index is -2.00. The number of aliphatic hydroxyl groups excluding tert-OH is 6. The quantitative estimate of drug-likeness (QED) is 0.0737. The minimum absolute atomic E-state index is 0.0375. The van der Waals surface area contributed by atoms with Gasteiger partial charge in [-0.1, -0.05) is 0 Å². The number of benzene rings is 3. The van der Waals surface area contributed by atoms with Gasteiger partial charge in [-0.3, -0.25) is 4.79 Å². The molecule has 0 spiro atoms. The maximum atomic E-state index is 12.5. The number of fused-ring (bicyclic) bond motifs is 1. The number of hydrogen-bond donors (Lipinski definition) is 10. The van der Waals surface area contributed by atoms with Crippen LogP contribution in [0.4, 0.5) is 0 Å². The lowest BCUT2D eigenvalue weighted by Crippen LogP contribution is -2.65. The standard InChI is InChI=1S/C34H34O18/c35-11-23-25(41)28(44)31(52-33-29(45)27(43)26(42)24(51-33)12-47-32(46)13-1-4-15(36)5-2-13)34(50-23)49-22-10-17-19(39)8-16(37)9-21(17)48-30(22)14-3-6-18(38)20(40)7-14/h1-10,23-29,31,33-36,38-45H,11-12H2. The Morgan fingerprint density at radius 3 is 2.10 bits per heavy atom. The first-order valence-electron chi connectivity index (χ1n) is 15.7. The lowest BCUT2D eigenvalue weighted by atomic mass is 9.97. The summed E-state index contributed by atoms with van der Waals surface area (Å²) in [5, 5.41) is 104. The molecule has 10 atom stereocenters. The summed E-state index contributed by atoms with van der Waals surface area (Å²) in [7, 11) is 0. The Balaban J connectivity index is 1.31. The zero-order valence-electron chi connectivity index (χ0n) is 26.7. The van der Waals surface area contributed by atoms with Gasteiger partial charge in [0.25, 0.3) is 0 Å². The van der Waals surface area contributed by atoms with Gasteiger partial charge in [0.15, 0.2) is 40.8 Å². The molecule has 10 unspecified atom stereocenters. The van der Waals surface area contributed by atoms with Gasteiger partial charge in [-0.25, -0.2) is 4.79 Å². The molecule has 18 nitrogen and oxygen atoms in total. The van der Waals surface area contributed by atoms with Crippen LogP contribution in [0.3, 0.4) is 0 Å². The molecule has 10 N–H and O–H groups in total. The Kier molecular flexibility index (Phi) is 10.5. The molecule has 1 aliphatic carbocycles. The van der Waals surface area contributed by atoms with E-state index in [1.165, 1.54) is 36.4 Å². The zero-order valence-corrected chi connectivity index (χ0v) is 26.7. The SMILES string of the molecule is O=C(OCC1OC(OC2C(Oc3cc4c(O)cc(=O)cc-4oc3-c3ccc(O)c(O)c3)OC(CO)C(O)C2O)C(O)C(O)C1O)c1ccc(O)cc1. The molecule has 3 aliphatic heterocycles. The van der Waals surface area contributed by atoms with E-state index in [1.807, 2.05) is 0 Å². The summed E-state index contributed by atoms with van der Waals surface area (Å²) in [6.07, 6.45) is -18.1. The fourth-order valence-corrected chi connectivity index (χ4v) is 5.71. The Morgan fingerprint density at radius 2 is 1.40 bits per heavy atom. The number of esters is 1. The van der Waals surface area contributed by atoms with Crippen molar-refractivity contribution in [3.8, 4) is 51.4 Å². The molecule has 2 aromatic rings. The van der Waals surface area contributed by atoms with Gasteiger partial charge >= 0.3 is 5.97 Å². The summed E-state index contributed by atoms with van der Waals surface area (Å²) < 4.78 is 34.3. The van der Waals surface area contributed by atoms with Gasteiger partial charge < -0.3 is 79.2 Å². The van der Waals surface area contributed by atoms with Crippen LogP contribution in [0.25, 0.3) is 22.6 Å². The van der Waals surface area contributed by atoms with Crippen LogP contribution in [0.2, 0.25) is 0 Å². The lowest BCUT2D eigenvalue weighted by Gasteiger charge is -2.46. The molecule has 3 heterocycles. The van der Waals surface area contributed by atoms with Gasteiger partial charge in [0.2, 0.25) is 6.29 Å². The molecule has 0 aromatic heterocycles. The van der Waals surface area contributed by atoms with Crippen molar-refractivity contribution in [2.24, 2.45) is 0 Å². The number of aromatic hydroxyl groups is 4. The highest BCUT2D eigenvalue weighted by atomic mass is 16.8. The summed E-state index contributed by atoms with van der Waals surface area (Å²) in [6.45, 7) is -1.50. The third-order valence-corrected chi connectivity index (χ3v) is 8.55. The molecule has 2 saturated heterocycles. The highest BCUT2D eigenvalue weighted by molar-refractivity contribution is 5.89. The Bertz CT molecular complexity index is 1910. The van der Waals surface area contributed by atoms with Crippen molar-refractivity contribution in [1.82, 2.24) is 0 Å². The summed E-state index contributed by atoms with van der Waals surface area (Å²) in [5.41, 5.74) is -0.540. The van der Waals surface area contributed by atoms with E-state index in [0.29, 0.717) is 0 Å². The maximum Gasteiger partial charge on any atom is 0.338 e. The highest BCUT2D eigenvalue weighted by Crippen LogP contribution is 2.43. The van der Waals surface area contributed by atoms with Crippen LogP contribution in [-0.2, 0) is 18.9 Å². The average molecular weight is 731 g/mol. The molecular weight excluding hydrogens is 696 g/mol. The van der Waals surface area contributed by atoms with E-state index in [1.54, 1.807) is 0 Å². The number of carbonyl (C=O) groups is 1. The highest BCUT2D eigenvalue weighted by Gasteiger charge is 2.52. The molecule has 6 rings (SSSR count). The van der Waals surface area contributed by atoms with E-state index in [4.69, 9.17) is 28.1 Å². The predicted molar refractivity (Wildman–Crippen MR) is 170 cm³/mol. The monoisotopic (exact) mass is 730 g/mol. The van der Waals surface area contributed by atoms with Crippen molar-refractivity contribution in [3.05, 3.63) is 76.5 Å². The molecule has 0 radical (unpaired) electrons. The van der Waals surface area contributed by atoms with Crippen molar-refractivity contribution in [2.75, 3.05) is 13.2 Å². The number of carbonyl (C=O) groups excluding carboxylic acids is 1. The van der Waals surface area contributed by atoms with Gasteiger partial charge in [0.1, 0.15) is 66.6 Å². The Labute approximate surface area is 292 Å². The molecule has 0 bridgehead atoms. The van der Waals surface area contributed by atoms with Gasteiger partial charge in [0, 0.05) is 17.7 Å². The van der Waals surface area contributed by atoms with Crippen molar-refractivity contribution < 1.29 is 84.0 Å². The summed E-state index contributed by atoms with van der Waals surface area (Å²) in [5.74, 6) is -3.17. The first-order chi connectivity index (χ1) is 24.7. The molecule has 4 aliphatic rings. The summed E-state index contributed by atoms with van der Waals surface area (Å²) in [4.78, 5) is 24.7. The largest absolute Gasteiger partial charge is 0.508 e. The van der Waals surface area contributed by atoms with Crippen molar-refractivity contribution >= 4 is 5.97 Å². The molecule has 52 heavy (non-hydrogen) atoms. The minimum Gasteiger partial charge on any atom is -0.508 e. The van der Waals surface area contributed by atoms with Gasteiger partial charge in [0.05, 0.1) is 17.7 Å². The number of phenolic OH excluding ortho intramolecular Hbond substituents is 4. The van der Waals surface area contributed by atoms with Crippen LogP contribution in [0, 0.1) is 0 Å². The predicted octanol–water partition coefficient (Wildman–Crippen LogP) is -0.898. The van der Waals surface area contributed by atoms with Gasteiger partial charge in [-0.15, -0.1) is 0 Å². The zero-order chi connectivity index (χ0) is 37.4. The number of hydrogen-bond acceptors (Lipinski definition) is 18. The van der Waals surface area contributed by atoms with E-state index in [0.717, 1.165) is 24.3 Å². The van der Waals surface area contributed by atoms with E-state index in [-0.39, 0.29) is 39.7 Å². The van der Waals surface area contributed by atoms with E-state index in [9.17, 15) is 60.7 Å². The number of aliphatic hydroxyl groups is 6. The molecule has 2 fully saturated rings. The van der Waals surface area contributed by atoms with Crippen LogP contribution >= 0.6 is 0 Å². The van der Waals surface area contributed by atoms with Crippen LogP contribution in [-0.4, -0.2) is 132 Å². The fourth-order valence-electron chi connectivity index (χ4n) is 5.71. The molecule has 18 heteroatoms. The van der Waals surface area contributed by atoms with Crippen molar-refractivity contribution in [2.45, 2.75) is 61.4 Å². The van der Waals surface area contributed by atoms with E-state index < -0.39 is 103 Å². The first kappa shape index (κ1) is 36.8. The van der Waals surface area contributed by atoms with Gasteiger partial charge in [-0.05, 0) is 48.5 Å². The topological polar surface area (TPSA) is 296 Å². The molecular formula is C34H34O18. The molecule has 2 aromatic carbocycles. The smallest absolute Gasteiger partial charge is 0.338 e. The normalized spacial score (nSPS) is 29.1. The lowest BCUT2D eigenvalue weighted by molar-refractivity contribution is -0.357. The van der Waals surface area contributed by atoms with Gasteiger partial charge in [-0.2, -0.15) is 0 Å². The Hall–Kier alpha value is -5.02. The molecule has 0 saturated carbocycles. The van der Waals surface area contributed by atoms with Crippen LogP contribution in [0.15, 0.2) is 69.9 Å². The van der Waals surface area contributed by atoms with Crippen molar-refractivity contribution in [3.63, 3.8) is 0 Å². The fraction of sp³-hybridized carbons (Fsp3) is 0.353. The number of phenols is 4. The second kappa shape index (κ2) is 14.9. The third-order valence-electron chi connectivity index (χ3n) is 8.55. The third kappa shape index (κ3) is 7.33. The second-order valence-corrected chi connectivity index (χ2v) is 12.1. The van der Waals surface area contributed by atoms with Crippen LogP contribution in [0.5, 0.6) is 28.7 Å². The Morgan fingerprint density at radius 1 is 0.712 bits per heavy atom. The number of ether oxygens (including phenoxy) is 5. The molecule has 0 amide bonds. The number of rotatable bonds is 9.